The first-order valence-electron chi connectivity index (χ1n) is 12.4. The molecule has 0 bridgehead atoms. The highest BCUT2D eigenvalue weighted by atomic mass is 16.4. The van der Waals surface area contributed by atoms with Crippen LogP contribution in [0, 0.1) is 5.92 Å². The fourth-order valence-corrected chi connectivity index (χ4v) is 3.61. The van der Waals surface area contributed by atoms with Crippen molar-refractivity contribution in [3.05, 3.63) is 29.8 Å². The van der Waals surface area contributed by atoms with Gasteiger partial charge in [0.25, 0.3) is 0 Å². The van der Waals surface area contributed by atoms with Gasteiger partial charge in [0.15, 0.2) is 0 Å². The van der Waals surface area contributed by atoms with E-state index in [0.29, 0.717) is 5.56 Å². The van der Waals surface area contributed by atoms with E-state index in [-0.39, 0.29) is 50.2 Å². The van der Waals surface area contributed by atoms with Crippen molar-refractivity contribution in [1.29, 1.82) is 0 Å². The fraction of sp³-hybridized carbons (Fsp3) is 0.520. The maximum atomic E-state index is 13.1. The van der Waals surface area contributed by atoms with Crippen LogP contribution in [0.2, 0.25) is 0 Å². The van der Waals surface area contributed by atoms with Crippen molar-refractivity contribution in [2.45, 2.75) is 76.5 Å². The minimum atomic E-state index is -1.36. The minimum Gasteiger partial charge on any atom is -0.508 e. The first-order valence-corrected chi connectivity index (χ1v) is 12.4. The van der Waals surface area contributed by atoms with Gasteiger partial charge in [-0.2, -0.15) is 0 Å². The van der Waals surface area contributed by atoms with Crippen LogP contribution in [0.3, 0.4) is 0 Å². The number of aromatic hydroxyl groups is 1. The zero-order valence-corrected chi connectivity index (χ0v) is 22.0. The van der Waals surface area contributed by atoms with Crippen LogP contribution in [-0.2, 0) is 35.2 Å². The predicted molar refractivity (Wildman–Crippen MR) is 140 cm³/mol. The summed E-state index contributed by atoms with van der Waals surface area (Å²) >= 11 is 0. The van der Waals surface area contributed by atoms with E-state index in [2.05, 4.69) is 16.0 Å². The summed E-state index contributed by atoms with van der Waals surface area (Å²) in [6.07, 6.45) is -0.832. The van der Waals surface area contributed by atoms with Crippen molar-refractivity contribution in [2.24, 2.45) is 23.1 Å². The van der Waals surface area contributed by atoms with E-state index < -0.39 is 59.7 Å². The summed E-state index contributed by atoms with van der Waals surface area (Å²) < 4.78 is 0. The van der Waals surface area contributed by atoms with Crippen molar-refractivity contribution in [3.8, 4) is 5.75 Å². The molecule has 5 amide bonds. The van der Waals surface area contributed by atoms with Crippen LogP contribution >= 0.6 is 0 Å². The molecule has 0 radical (unpaired) electrons. The third-order valence-corrected chi connectivity index (χ3v) is 5.68. The van der Waals surface area contributed by atoms with Gasteiger partial charge in [0.1, 0.15) is 23.9 Å². The smallest absolute Gasteiger partial charge is 0.326 e. The van der Waals surface area contributed by atoms with Crippen molar-refractivity contribution in [1.82, 2.24) is 16.0 Å². The van der Waals surface area contributed by atoms with Crippen molar-refractivity contribution < 1.29 is 39.0 Å². The van der Waals surface area contributed by atoms with E-state index in [1.54, 1.807) is 26.0 Å². The third-order valence-electron chi connectivity index (χ3n) is 5.68. The van der Waals surface area contributed by atoms with Gasteiger partial charge >= 0.3 is 5.97 Å². The Morgan fingerprint density at radius 3 is 1.62 bits per heavy atom. The third kappa shape index (κ3) is 12.7. The lowest BCUT2D eigenvalue weighted by Gasteiger charge is -2.25. The monoisotopic (exact) mass is 550 g/mol. The second-order valence-corrected chi connectivity index (χ2v) is 9.64. The average molecular weight is 551 g/mol. The number of carboxylic acid groups (broad SMARTS) is 1. The number of phenolic OH excluding ortho intramolecular Hbond substituents is 1. The second-order valence-electron chi connectivity index (χ2n) is 9.64. The van der Waals surface area contributed by atoms with Crippen LogP contribution in [-0.4, -0.2) is 69.9 Å². The number of carboxylic acids is 1. The van der Waals surface area contributed by atoms with E-state index in [4.69, 9.17) is 17.2 Å². The molecule has 216 valence electrons. The van der Waals surface area contributed by atoms with Crippen LogP contribution in [0.15, 0.2) is 24.3 Å². The summed E-state index contributed by atoms with van der Waals surface area (Å²) in [5.74, 6) is -5.25. The Morgan fingerprint density at radius 2 is 1.21 bits per heavy atom. The number of nitrogens with two attached hydrogens (primary N) is 3. The number of phenols is 1. The van der Waals surface area contributed by atoms with Crippen LogP contribution in [0.5, 0.6) is 5.75 Å². The lowest BCUT2D eigenvalue weighted by molar-refractivity contribution is -0.143. The van der Waals surface area contributed by atoms with E-state index >= 15 is 0 Å². The zero-order valence-electron chi connectivity index (χ0n) is 22.0. The van der Waals surface area contributed by atoms with Gasteiger partial charge in [-0.25, -0.2) is 4.79 Å². The van der Waals surface area contributed by atoms with Gasteiger partial charge in [-0.1, -0.05) is 26.0 Å². The summed E-state index contributed by atoms with van der Waals surface area (Å²) in [6.45, 7) is 3.54. The predicted octanol–water partition coefficient (Wildman–Crippen LogP) is -1.62. The summed E-state index contributed by atoms with van der Waals surface area (Å²) in [6, 6.07) is 0.973. The number of hydrogen-bond acceptors (Lipinski definition) is 8. The average Bonchev–Trinajstić information content (AvgIpc) is 2.84. The molecule has 0 aliphatic carbocycles. The maximum absolute atomic E-state index is 13.1. The van der Waals surface area contributed by atoms with Gasteiger partial charge in [-0.3, -0.25) is 24.0 Å². The van der Waals surface area contributed by atoms with Crippen molar-refractivity contribution in [2.75, 3.05) is 0 Å². The summed E-state index contributed by atoms with van der Waals surface area (Å²) in [5.41, 5.74) is 17.0. The SMILES string of the molecule is CC(C)CC(NC(=O)C(CCC(N)=O)NC(=O)C(CCC(N)=O)NC(=O)C(N)Cc1ccc(O)cc1)C(=O)O. The molecule has 1 aromatic carbocycles. The standard InChI is InChI=1S/C25H38N6O8/c1-13(2)11-19(25(38)39)31-24(37)18(8-10-21(28)34)30-23(36)17(7-9-20(27)33)29-22(35)16(26)12-14-3-5-15(32)6-4-14/h3-6,13,16-19,32H,7-12,26H2,1-2H3,(H2,27,33)(H2,28,34)(H,29,35)(H,30,36)(H,31,37)(H,38,39). The molecule has 14 heteroatoms. The number of aliphatic carboxylic acids is 1. The van der Waals surface area contributed by atoms with Crippen molar-refractivity contribution >= 4 is 35.5 Å². The molecule has 0 spiro atoms. The molecular formula is C25H38N6O8. The normalized spacial score (nSPS) is 13.9. The molecule has 0 aliphatic heterocycles. The Morgan fingerprint density at radius 1 is 0.769 bits per heavy atom. The number of hydrogen-bond donors (Lipinski definition) is 8. The molecule has 39 heavy (non-hydrogen) atoms. The van der Waals surface area contributed by atoms with Crippen LogP contribution in [0.1, 0.15) is 51.5 Å². The summed E-state index contributed by atoms with van der Waals surface area (Å²) in [7, 11) is 0. The lowest BCUT2D eigenvalue weighted by atomic mass is 10.0. The minimum absolute atomic E-state index is 0.0359. The van der Waals surface area contributed by atoms with Gasteiger partial charge in [0.2, 0.25) is 29.5 Å². The topological polar surface area (TPSA) is 257 Å². The van der Waals surface area contributed by atoms with E-state index in [0.717, 1.165) is 0 Å². The Hall–Kier alpha value is -4.20. The Kier molecular flexibility index (Phi) is 13.4. The molecule has 0 aromatic heterocycles. The molecule has 0 fully saturated rings. The summed E-state index contributed by atoms with van der Waals surface area (Å²) in [5, 5.41) is 26.0. The largest absolute Gasteiger partial charge is 0.508 e. The van der Waals surface area contributed by atoms with Gasteiger partial charge in [-0.05, 0) is 49.3 Å². The molecule has 4 unspecified atom stereocenters. The zero-order chi connectivity index (χ0) is 29.7. The molecule has 1 rings (SSSR count). The molecule has 11 N–H and O–H groups in total. The number of carbonyl (C=O) groups excluding carboxylic acids is 5. The Labute approximate surface area is 226 Å². The number of rotatable bonds is 17. The quantitative estimate of drug-likeness (QED) is 0.111. The number of nitrogens with one attached hydrogen (secondary N) is 3. The molecule has 0 saturated carbocycles. The van der Waals surface area contributed by atoms with Crippen LogP contribution < -0.4 is 33.2 Å². The highest BCUT2D eigenvalue weighted by Gasteiger charge is 2.31. The molecule has 4 atom stereocenters. The molecular weight excluding hydrogens is 512 g/mol. The van der Waals surface area contributed by atoms with E-state index in [1.807, 2.05) is 0 Å². The number of primary amides is 2. The first kappa shape index (κ1) is 32.8. The molecule has 0 saturated heterocycles. The van der Waals surface area contributed by atoms with Crippen LogP contribution in [0.25, 0.3) is 0 Å². The first-order chi connectivity index (χ1) is 18.2. The van der Waals surface area contributed by atoms with Gasteiger partial charge < -0.3 is 43.4 Å². The van der Waals surface area contributed by atoms with Gasteiger partial charge in [-0.15, -0.1) is 0 Å². The number of benzene rings is 1. The lowest BCUT2D eigenvalue weighted by Crippen LogP contribution is -2.57. The van der Waals surface area contributed by atoms with Gasteiger partial charge in [0, 0.05) is 12.8 Å². The van der Waals surface area contributed by atoms with Crippen molar-refractivity contribution in [3.63, 3.8) is 0 Å². The second kappa shape index (κ2) is 15.9. The van der Waals surface area contributed by atoms with E-state index in [9.17, 15) is 39.0 Å². The highest BCUT2D eigenvalue weighted by molar-refractivity contribution is 5.94. The number of amides is 5. The van der Waals surface area contributed by atoms with Crippen LogP contribution in [0.4, 0.5) is 0 Å². The highest BCUT2D eigenvalue weighted by Crippen LogP contribution is 2.12. The molecule has 1 aromatic rings. The molecule has 14 nitrogen and oxygen atoms in total. The Bertz CT molecular complexity index is 1030. The fourth-order valence-electron chi connectivity index (χ4n) is 3.61. The Balaban J connectivity index is 3.04. The van der Waals surface area contributed by atoms with Gasteiger partial charge in [0.05, 0.1) is 6.04 Å². The summed E-state index contributed by atoms with van der Waals surface area (Å²) in [4.78, 5) is 73.0. The molecule has 0 aliphatic rings. The maximum Gasteiger partial charge on any atom is 0.326 e. The number of carbonyl (C=O) groups is 6. The molecule has 0 heterocycles. The van der Waals surface area contributed by atoms with E-state index in [1.165, 1.54) is 12.1 Å².